The van der Waals surface area contributed by atoms with Crippen molar-refractivity contribution < 1.29 is 9.90 Å². The van der Waals surface area contributed by atoms with Gasteiger partial charge in [0.2, 0.25) is 0 Å². The third-order valence-corrected chi connectivity index (χ3v) is 5.21. The zero-order valence-electron chi connectivity index (χ0n) is 12.1. The molecule has 2 heterocycles. The van der Waals surface area contributed by atoms with Crippen molar-refractivity contribution in [3.05, 3.63) is 0 Å². The van der Waals surface area contributed by atoms with E-state index in [2.05, 4.69) is 16.8 Å². The minimum atomic E-state index is -0.571. The summed E-state index contributed by atoms with van der Waals surface area (Å²) in [6.45, 7) is 5.06. The van der Waals surface area contributed by atoms with Gasteiger partial charge in [-0.1, -0.05) is 0 Å². The lowest BCUT2D eigenvalue weighted by atomic mass is 9.71. The first-order chi connectivity index (χ1) is 8.59. The molecule has 2 aliphatic heterocycles. The number of likely N-dealkylation sites (tertiary alicyclic amines) is 2. The first-order valence-electron chi connectivity index (χ1n) is 7.23. The molecule has 6 heteroatoms. The summed E-state index contributed by atoms with van der Waals surface area (Å²) in [5.41, 5.74) is 0.0627. The Hall–Kier alpha value is -0.0300. The van der Waals surface area contributed by atoms with Gasteiger partial charge in [-0.05, 0) is 51.7 Å². The van der Waals surface area contributed by atoms with Crippen molar-refractivity contribution >= 4 is 30.8 Å². The van der Waals surface area contributed by atoms with Gasteiger partial charge in [0.25, 0.3) is 0 Å². The summed E-state index contributed by atoms with van der Waals surface area (Å²) < 4.78 is 0. The number of hydrogen-bond acceptors (Lipinski definition) is 3. The van der Waals surface area contributed by atoms with Gasteiger partial charge in [-0.2, -0.15) is 0 Å². The molecule has 0 aromatic rings. The van der Waals surface area contributed by atoms with Gasteiger partial charge in [-0.3, -0.25) is 4.79 Å². The van der Waals surface area contributed by atoms with E-state index in [-0.39, 0.29) is 36.1 Å². The number of carbonyl (C=O) groups is 1. The average Bonchev–Trinajstić information content (AvgIpc) is 3.05. The van der Waals surface area contributed by atoms with Crippen LogP contribution in [0, 0.1) is 17.3 Å². The SMILES string of the molecule is CN1CCC2(CC1)CN(CC1CC1)CC2C(=O)O.Cl.Cl. The van der Waals surface area contributed by atoms with Crippen LogP contribution in [0.4, 0.5) is 0 Å². The summed E-state index contributed by atoms with van der Waals surface area (Å²) in [7, 11) is 2.14. The summed E-state index contributed by atoms with van der Waals surface area (Å²) in [4.78, 5) is 16.3. The number of piperidine rings is 1. The lowest BCUT2D eigenvalue weighted by molar-refractivity contribution is -0.145. The molecule has 3 rings (SSSR count). The van der Waals surface area contributed by atoms with E-state index in [9.17, 15) is 9.90 Å². The van der Waals surface area contributed by atoms with Crippen molar-refractivity contribution in [1.82, 2.24) is 9.80 Å². The predicted molar refractivity (Wildman–Crippen MR) is 83.9 cm³/mol. The Morgan fingerprint density at radius 3 is 2.35 bits per heavy atom. The third-order valence-electron chi connectivity index (χ3n) is 5.21. The Labute approximate surface area is 133 Å². The molecular formula is C14H26Cl2N2O2. The second-order valence-electron chi connectivity index (χ2n) is 6.69. The zero-order valence-corrected chi connectivity index (χ0v) is 13.7. The fourth-order valence-electron chi connectivity index (χ4n) is 3.79. The van der Waals surface area contributed by atoms with Crippen LogP contribution in [0.25, 0.3) is 0 Å². The van der Waals surface area contributed by atoms with Crippen LogP contribution in [0.1, 0.15) is 25.7 Å². The van der Waals surface area contributed by atoms with Gasteiger partial charge < -0.3 is 14.9 Å². The van der Waals surface area contributed by atoms with Crippen LogP contribution in [-0.4, -0.2) is 60.6 Å². The molecule has 3 aliphatic rings. The highest BCUT2D eigenvalue weighted by atomic mass is 35.5. The molecule has 2 saturated heterocycles. The van der Waals surface area contributed by atoms with Crippen LogP contribution in [0.3, 0.4) is 0 Å². The lowest BCUT2D eigenvalue weighted by Gasteiger charge is -2.40. The van der Waals surface area contributed by atoms with Gasteiger partial charge in [-0.25, -0.2) is 0 Å². The van der Waals surface area contributed by atoms with E-state index in [1.807, 2.05) is 0 Å². The van der Waals surface area contributed by atoms with Gasteiger partial charge in [0.05, 0.1) is 5.92 Å². The molecule has 1 saturated carbocycles. The molecule has 1 unspecified atom stereocenters. The summed E-state index contributed by atoms with van der Waals surface area (Å²) in [5, 5.41) is 9.52. The predicted octanol–water partition coefficient (Wildman–Crippen LogP) is 1.97. The number of nitrogens with zero attached hydrogens (tertiary/aromatic N) is 2. The number of halogens is 2. The molecule has 0 aromatic carbocycles. The largest absolute Gasteiger partial charge is 0.481 e. The number of aliphatic carboxylic acids is 1. The molecule has 0 aromatic heterocycles. The molecule has 1 N–H and O–H groups in total. The second-order valence-corrected chi connectivity index (χ2v) is 6.69. The topological polar surface area (TPSA) is 43.8 Å². The average molecular weight is 325 g/mol. The highest BCUT2D eigenvalue weighted by Crippen LogP contribution is 2.45. The fourth-order valence-corrected chi connectivity index (χ4v) is 3.79. The van der Waals surface area contributed by atoms with E-state index in [0.29, 0.717) is 0 Å². The Morgan fingerprint density at radius 2 is 1.85 bits per heavy atom. The van der Waals surface area contributed by atoms with E-state index in [0.717, 1.165) is 51.5 Å². The molecule has 4 nitrogen and oxygen atoms in total. The van der Waals surface area contributed by atoms with Gasteiger partial charge >= 0.3 is 5.97 Å². The van der Waals surface area contributed by atoms with Crippen molar-refractivity contribution in [2.45, 2.75) is 25.7 Å². The Balaban J connectivity index is 0.000001000. The number of hydrogen-bond donors (Lipinski definition) is 1. The van der Waals surface area contributed by atoms with E-state index in [4.69, 9.17) is 0 Å². The van der Waals surface area contributed by atoms with E-state index >= 15 is 0 Å². The Morgan fingerprint density at radius 1 is 1.25 bits per heavy atom. The Bertz CT molecular complexity index is 342. The minimum absolute atomic E-state index is 0. The van der Waals surface area contributed by atoms with Crippen molar-refractivity contribution in [2.75, 3.05) is 39.8 Å². The van der Waals surface area contributed by atoms with Crippen molar-refractivity contribution in [3.63, 3.8) is 0 Å². The maximum Gasteiger partial charge on any atom is 0.308 e. The maximum atomic E-state index is 11.6. The van der Waals surface area contributed by atoms with Crippen LogP contribution in [0.5, 0.6) is 0 Å². The van der Waals surface area contributed by atoms with E-state index < -0.39 is 5.97 Å². The number of rotatable bonds is 3. The minimum Gasteiger partial charge on any atom is -0.481 e. The van der Waals surface area contributed by atoms with Crippen LogP contribution in [0.15, 0.2) is 0 Å². The number of carboxylic acids is 1. The fraction of sp³-hybridized carbons (Fsp3) is 0.929. The smallest absolute Gasteiger partial charge is 0.308 e. The molecule has 1 spiro atoms. The van der Waals surface area contributed by atoms with Crippen LogP contribution >= 0.6 is 24.8 Å². The van der Waals surface area contributed by atoms with Gasteiger partial charge in [0, 0.05) is 25.0 Å². The molecular weight excluding hydrogens is 299 g/mol. The highest BCUT2D eigenvalue weighted by molar-refractivity contribution is 5.85. The molecule has 1 atom stereocenters. The summed E-state index contributed by atoms with van der Waals surface area (Å²) in [5.74, 6) is 0.156. The standard InChI is InChI=1S/C14H24N2O2.2ClH/c1-15-6-4-14(5-7-15)10-16(8-11-2-3-11)9-12(14)13(17)18;;/h11-12H,2-10H2,1H3,(H,17,18);2*1H. The van der Waals surface area contributed by atoms with Gasteiger partial charge in [0.15, 0.2) is 0 Å². The maximum absolute atomic E-state index is 11.6. The second kappa shape index (κ2) is 6.82. The first kappa shape index (κ1) is 18.0. The van der Waals surface area contributed by atoms with Crippen molar-refractivity contribution in [3.8, 4) is 0 Å². The number of carboxylic acid groups (broad SMARTS) is 1. The molecule has 1 aliphatic carbocycles. The molecule has 0 radical (unpaired) electrons. The quantitative estimate of drug-likeness (QED) is 0.862. The highest BCUT2D eigenvalue weighted by Gasteiger charge is 2.51. The summed E-state index contributed by atoms with van der Waals surface area (Å²) in [6.07, 6.45) is 4.82. The molecule has 20 heavy (non-hydrogen) atoms. The van der Waals surface area contributed by atoms with Crippen molar-refractivity contribution in [2.24, 2.45) is 17.3 Å². The molecule has 0 amide bonds. The van der Waals surface area contributed by atoms with Crippen molar-refractivity contribution in [1.29, 1.82) is 0 Å². The van der Waals surface area contributed by atoms with Crippen LogP contribution in [-0.2, 0) is 4.79 Å². The van der Waals surface area contributed by atoms with Gasteiger partial charge in [0.1, 0.15) is 0 Å². The van der Waals surface area contributed by atoms with E-state index in [1.54, 1.807) is 0 Å². The molecule has 3 fully saturated rings. The molecule has 118 valence electrons. The summed E-state index contributed by atoms with van der Waals surface area (Å²) >= 11 is 0. The zero-order chi connectivity index (χ0) is 12.8. The first-order valence-corrected chi connectivity index (χ1v) is 7.23. The van der Waals surface area contributed by atoms with Crippen LogP contribution < -0.4 is 0 Å². The lowest BCUT2D eigenvalue weighted by Crippen LogP contribution is -2.44. The summed E-state index contributed by atoms with van der Waals surface area (Å²) in [6, 6.07) is 0. The van der Waals surface area contributed by atoms with Gasteiger partial charge in [-0.15, -0.1) is 24.8 Å². The van der Waals surface area contributed by atoms with Crippen LogP contribution in [0.2, 0.25) is 0 Å². The molecule has 0 bridgehead atoms. The Kier molecular flexibility index (Phi) is 6.14. The normalized spacial score (nSPS) is 29.8. The third kappa shape index (κ3) is 3.59. The van der Waals surface area contributed by atoms with E-state index in [1.165, 1.54) is 12.8 Å². The monoisotopic (exact) mass is 324 g/mol.